The number of furan rings is 1. The first-order valence-electron chi connectivity index (χ1n) is 7.67. The van der Waals surface area contributed by atoms with Crippen LogP contribution in [0.25, 0.3) is 10.8 Å². The van der Waals surface area contributed by atoms with Crippen molar-refractivity contribution in [3.05, 3.63) is 29.5 Å². The van der Waals surface area contributed by atoms with Crippen molar-refractivity contribution in [2.75, 3.05) is 6.54 Å². The van der Waals surface area contributed by atoms with E-state index in [-0.39, 0.29) is 0 Å². The second-order valence-corrected chi connectivity index (χ2v) is 6.72. The Bertz CT molecular complexity index is 542. The van der Waals surface area contributed by atoms with E-state index in [2.05, 4.69) is 10.3 Å². The average molecular weight is 306 g/mol. The molecule has 5 heteroatoms. The average Bonchev–Trinajstić information content (AvgIpc) is 3.10. The number of aromatic nitrogens is 1. The van der Waals surface area contributed by atoms with Crippen molar-refractivity contribution in [1.82, 2.24) is 10.3 Å². The molecule has 0 unspecified atom stereocenters. The van der Waals surface area contributed by atoms with Crippen LogP contribution in [0.15, 0.2) is 28.2 Å². The van der Waals surface area contributed by atoms with Gasteiger partial charge in [-0.25, -0.2) is 4.98 Å². The normalized spacial score (nSPS) is 18.5. The molecule has 0 amide bonds. The van der Waals surface area contributed by atoms with E-state index in [1.807, 2.05) is 17.5 Å². The molecule has 0 atom stereocenters. The van der Waals surface area contributed by atoms with Crippen LogP contribution in [0.4, 0.5) is 0 Å². The molecule has 3 rings (SSSR count). The second kappa shape index (κ2) is 6.73. The topological polar surface area (TPSA) is 58.3 Å². The van der Waals surface area contributed by atoms with E-state index < -0.39 is 5.60 Å². The first-order valence-corrected chi connectivity index (χ1v) is 8.55. The minimum atomic E-state index is -0.531. The van der Waals surface area contributed by atoms with Gasteiger partial charge < -0.3 is 14.8 Å². The van der Waals surface area contributed by atoms with Gasteiger partial charge in [0, 0.05) is 18.5 Å². The zero-order chi connectivity index (χ0) is 14.5. The van der Waals surface area contributed by atoms with Crippen molar-refractivity contribution >= 4 is 11.3 Å². The van der Waals surface area contributed by atoms with Crippen molar-refractivity contribution < 1.29 is 9.52 Å². The van der Waals surface area contributed by atoms with Gasteiger partial charge in [0.25, 0.3) is 0 Å². The molecule has 21 heavy (non-hydrogen) atoms. The third-order valence-electron chi connectivity index (χ3n) is 4.08. The molecular formula is C16H22N2O2S. The maximum absolute atomic E-state index is 10.6. The lowest BCUT2D eigenvalue weighted by Gasteiger charge is -2.26. The summed E-state index contributed by atoms with van der Waals surface area (Å²) in [4.78, 5) is 4.56. The molecule has 0 aromatic carbocycles. The Morgan fingerprint density at radius 2 is 2.10 bits per heavy atom. The Kier molecular flexibility index (Phi) is 4.73. The fourth-order valence-electron chi connectivity index (χ4n) is 2.89. The fourth-order valence-corrected chi connectivity index (χ4v) is 3.67. The van der Waals surface area contributed by atoms with Crippen LogP contribution in [0.3, 0.4) is 0 Å². The van der Waals surface area contributed by atoms with Gasteiger partial charge in [0.2, 0.25) is 0 Å². The number of aliphatic hydroxyl groups is 1. The summed E-state index contributed by atoms with van der Waals surface area (Å²) in [6.45, 7) is 1.35. The summed E-state index contributed by atoms with van der Waals surface area (Å²) in [6, 6.07) is 3.79. The van der Waals surface area contributed by atoms with Gasteiger partial charge in [-0.15, -0.1) is 11.3 Å². The summed E-state index contributed by atoms with van der Waals surface area (Å²) in [7, 11) is 0. The van der Waals surface area contributed by atoms with Gasteiger partial charge in [0.15, 0.2) is 10.8 Å². The molecule has 0 radical (unpaired) electrons. The van der Waals surface area contributed by atoms with Gasteiger partial charge in [-0.1, -0.05) is 25.7 Å². The van der Waals surface area contributed by atoms with E-state index >= 15 is 0 Å². The molecule has 1 aliphatic carbocycles. The number of thiazole rings is 1. The Balaban J connectivity index is 1.51. The molecule has 0 spiro atoms. The standard InChI is InChI=1S/C16H22N2O2S/c19-16(7-3-1-2-4-8-16)12-17-10-13-11-21-15(18-13)14-6-5-9-20-14/h5-6,9,11,17,19H,1-4,7-8,10,12H2. The summed E-state index contributed by atoms with van der Waals surface area (Å²) in [5, 5.41) is 16.9. The molecule has 4 nitrogen and oxygen atoms in total. The molecule has 114 valence electrons. The van der Waals surface area contributed by atoms with E-state index in [4.69, 9.17) is 4.42 Å². The predicted molar refractivity (Wildman–Crippen MR) is 84.2 cm³/mol. The van der Waals surface area contributed by atoms with Crippen LogP contribution in [-0.2, 0) is 6.54 Å². The summed E-state index contributed by atoms with van der Waals surface area (Å²) < 4.78 is 5.35. The number of hydrogen-bond acceptors (Lipinski definition) is 5. The third-order valence-corrected chi connectivity index (χ3v) is 4.98. The van der Waals surface area contributed by atoms with Gasteiger partial charge in [-0.3, -0.25) is 0 Å². The smallest absolute Gasteiger partial charge is 0.162 e. The minimum absolute atomic E-state index is 0.531. The summed E-state index contributed by atoms with van der Waals surface area (Å²) in [5.74, 6) is 0.814. The molecule has 1 fully saturated rings. The zero-order valence-corrected chi connectivity index (χ0v) is 13.0. The van der Waals surface area contributed by atoms with E-state index in [1.54, 1.807) is 17.6 Å². The van der Waals surface area contributed by atoms with Crippen LogP contribution < -0.4 is 5.32 Å². The van der Waals surface area contributed by atoms with Crippen molar-refractivity contribution in [2.24, 2.45) is 0 Å². The van der Waals surface area contributed by atoms with Crippen molar-refractivity contribution in [1.29, 1.82) is 0 Å². The first-order chi connectivity index (χ1) is 10.3. The van der Waals surface area contributed by atoms with Crippen molar-refractivity contribution in [3.63, 3.8) is 0 Å². The lowest BCUT2D eigenvalue weighted by Crippen LogP contribution is -2.39. The lowest BCUT2D eigenvalue weighted by molar-refractivity contribution is 0.0250. The quantitative estimate of drug-likeness (QED) is 0.829. The fraction of sp³-hybridized carbons (Fsp3) is 0.562. The second-order valence-electron chi connectivity index (χ2n) is 5.86. The highest BCUT2D eigenvalue weighted by Gasteiger charge is 2.27. The van der Waals surface area contributed by atoms with Crippen LogP contribution >= 0.6 is 11.3 Å². The Morgan fingerprint density at radius 3 is 2.81 bits per heavy atom. The summed E-state index contributed by atoms with van der Waals surface area (Å²) in [6.07, 6.45) is 8.26. The minimum Gasteiger partial charge on any atom is -0.462 e. The number of nitrogens with one attached hydrogen (secondary N) is 1. The molecule has 0 saturated heterocycles. The highest BCUT2D eigenvalue weighted by atomic mass is 32.1. The van der Waals surface area contributed by atoms with Crippen LogP contribution in [0.2, 0.25) is 0 Å². The SMILES string of the molecule is OC1(CNCc2csc(-c3ccco3)n2)CCCCCC1. The molecule has 2 N–H and O–H groups in total. The van der Waals surface area contributed by atoms with Gasteiger partial charge >= 0.3 is 0 Å². The maximum Gasteiger partial charge on any atom is 0.162 e. The van der Waals surface area contributed by atoms with Crippen LogP contribution in [-0.4, -0.2) is 22.2 Å². The van der Waals surface area contributed by atoms with Gasteiger partial charge in [-0.05, 0) is 25.0 Å². The Hall–Kier alpha value is -1.17. The van der Waals surface area contributed by atoms with Crippen LogP contribution in [0.5, 0.6) is 0 Å². The molecule has 0 aliphatic heterocycles. The number of rotatable bonds is 5. The maximum atomic E-state index is 10.6. The van der Waals surface area contributed by atoms with E-state index in [9.17, 15) is 5.11 Å². The predicted octanol–water partition coefficient (Wildman–Crippen LogP) is 3.58. The Labute approximate surface area is 129 Å². The molecule has 1 saturated carbocycles. The van der Waals surface area contributed by atoms with Crippen molar-refractivity contribution in [2.45, 2.75) is 50.7 Å². The highest BCUT2D eigenvalue weighted by molar-refractivity contribution is 7.13. The largest absolute Gasteiger partial charge is 0.462 e. The van der Waals surface area contributed by atoms with Gasteiger partial charge in [0.05, 0.1) is 17.6 Å². The van der Waals surface area contributed by atoms with E-state index in [1.165, 1.54) is 12.8 Å². The molecule has 2 heterocycles. The number of nitrogens with zero attached hydrogens (tertiary/aromatic N) is 1. The summed E-state index contributed by atoms with van der Waals surface area (Å²) >= 11 is 1.59. The van der Waals surface area contributed by atoms with Crippen molar-refractivity contribution in [3.8, 4) is 10.8 Å². The third kappa shape index (κ3) is 3.93. The van der Waals surface area contributed by atoms with E-state index in [0.717, 1.165) is 42.1 Å². The molecule has 2 aromatic heterocycles. The lowest BCUT2D eigenvalue weighted by atomic mass is 9.94. The van der Waals surface area contributed by atoms with E-state index in [0.29, 0.717) is 13.1 Å². The monoisotopic (exact) mass is 306 g/mol. The molecular weight excluding hydrogens is 284 g/mol. The van der Waals surface area contributed by atoms with Crippen LogP contribution in [0, 0.1) is 0 Å². The Morgan fingerprint density at radius 1 is 1.29 bits per heavy atom. The van der Waals surface area contributed by atoms with Gasteiger partial charge in [-0.2, -0.15) is 0 Å². The first kappa shape index (κ1) is 14.8. The molecule has 1 aliphatic rings. The molecule has 2 aromatic rings. The number of hydrogen-bond donors (Lipinski definition) is 2. The molecule has 0 bridgehead atoms. The van der Waals surface area contributed by atoms with Gasteiger partial charge in [0.1, 0.15) is 0 Å². The van der Waals surface area contributed by atoms with Crippen LogP contribution in [0.1, 0.15) is 44.2 Å². The highest BCUT2D eigenvalue weighted by Crippen LogP contribution is 2.27. The summed E-state index contributed by atoms with van der Waals surface area (Å²) in [5.41, 5.74) is 0.472. The zero-order valence-electron chi connectivity index (χ0n) is 12.2.